The lowest BCUT2D eigenvalue weighted by Crippen LogP contribution is -2.47. The number of rotatable bonds is 7. The smallest absolute Gasteiger partial charge is 0.243 e. The van der Waals surface area contributed by atoms with Gasteiger partial charge in [0.25, 0.3) is 0 Å². The third-order valence-corrected chi connectivity index (χ3v) is 6.77. The normalized spacial score (nSPS) is 17.4. The standard InChI is InChI=1S/C21H25N3O4S/c25-20(22-14-17-8-3-1-4-9-17)15-23-21(26)18-10-7-13-24(16-18)29(27,28)19-11-5-2-6-12-19/h1-6,8-9,11-12,18H,7,10,13-16H2,(H,22,25)(H,23,26). The summed E-state index contributed by atoms with van der Waals surface area (Å²) in [5, 5.41) is 5.38. The first kappa shape index (κ1) is 21.0. The van der Waals surface area contributed by atoms with Crippen LogP contribution in [0.25, 0.3) is 0 Å². The molecule has 0 radical (unpaired) electrons. The second-order valence-electron chi connectivity index (χ2n) is 7.00. The van der Waals surface area contributed by atoms with E-state index in [1.807, 2.05) is 30.3 Å². The van der Waals surface area contributed by atoms with Gasteiger partial charge in [-0.15, -0.1) is 0 Å². The number of amides is 2. The molecule has 3 rings (SSSR count). The quantitative estimate of drug-likeness (QED) is 0.717. The molecule has 0 aliphatic carbocycles. The number of piperidine rings is 1. The summed E-state index contributed by atoms with van der Waals surface area (Å²) in [7, 11) is -3.62. The van der Waals surface area contributed by atoms with Gasteiger partial charge in [-0.05, 0) is 30.5 Å². The second kappa shape index (κ2) is 9.67. The summed E-state index contributed by atoms with van der Waals surface area (Å²) in [5.74, 6) is -1.05. The molecule has 29 heavy (non-hydrogen) atoms. The fourth-order valence-corrected chi connectivity index (χ4v) is 4.83. The third kappa shape index (κ3) is 5.65. The predicted octanol–water partition coefficient (Wildman–Crippen LogP) is 1.52. The number of carbonyl (C=O) groups excluding carboxylic acids is 2. The SMILES string of the molecule is O=C(CNC(=O)C1CCCN(S(=O)(=O)c2ccccc2)C1)NCc1ccccc1. The van der Waals surface area contributed by atoms with E-state index in [9.17, 15) is 18.0 Å². The highest BCUT2D eigenvalue weighted by molar-refractivity contribution is 7.89. The molecular weight excluding hydrogens is 390 g/mol. The minimum absolute atomic E-state index is 0.120. The zero-order chi connectivity index (χ0) is 20.7. The van der Waals surface area contributed by atoms with Gasteiger partial charge in [-0.1, -0.05) is 48.5 Å². The van der Waals surface area contributed by atoms with Crippen molar-refractivity contribution in [2.75, 3.05) is 19.6 Å². The molecule has 1 saturated heterocycles. The zero-order valence-electron chi connectivity index (χ0n) is 16.1. The van der Waals surface area contributed by atoms with Crippen molar-refractivity contribution in [1.82, 2.24) is 14.9 Å². The van der Waals surface area contributed by atoms with Gasteiger partial charge in [-0.25, -0.2) is 8.42 Å². The van der Waals surface area contributed by atoms with Gasteiger partial charge in [-0.3, -0.25) is 9.59 Å². The molecule has 0 spiro atoms. The second-order valence-corrected chi connectivity index (χ2v) is 8.93. The minimum Gasteiger partial charge on any atom is -0.350 e. The Morgan fingerprint density at radius 1 is 0.966 bits per heavy atom. The summed E-state index contributed by atoms with van der Waals surface area (Å²) < 4.78 is 26.9. The highest BCUT2D eigenvalue weighted by Crippen LogP contribution is 2.23. The van der Waals surface area contributed by atoms with E-state index in [2.05, 4.69) is 10.6 Å². The van der Waals surface area contributed by atoms with Gasteiger partial charge >= 0.3 is 0 Å². The molecule has 154 valence electrons. The van der Waals surface area contributed by atoms with E-state index in [1.54, 1.807) is 30.3 Å². The van der Waals surface area contributed by atoms with Crippen molar-refractivity contribution in [3.05, 3.63) is 66.2 Å². The van der Waals surface area contributed by atoms with Crippen LogP contribution in [-0.2, 0) is 26.2 Å². The lowest BCUT2D eigenvalue weighted by molar-refractivity contribution is -0.129. The first-order valence-corrected chi connectivity index (χ1v) is 11.0. The van der Waals surface area contributed by atoms with E-state index in [-0.39, 0.29) is 29.8 Å². The topological polar surface area (TPSA) is 95.6 Å². The van der Waals surface area contributed by atoms with Crippen LogP contribution in [0.3, 0.4) is 0 Å². The minimum atomic E-state index is -3.62. The maximum absolute atomic E-state index is 12.8. The van der Waals surface area contributed by atoms with Gasteiger partial charge in [0.15, 0.2) is 0 Å². The van der Waals surface area contributed by atoms with Crippen LogP contribution >= 0.6 is 0 Å². The molecule has 1 unspecified atom stereocenters. The summed E-state index contributed by atoms with van der Waals surface area (Å²) in [6.07, 6.45) is 1.20. The summed E-state index contributed by atoms with van der Waals surface area (Å²) >= 11 is 0. The van der Waals surface area contributed by atoms with E-state index < -0.39 is 15.9 Å². The molecule has 2 amide bonds. The number of sulfonamides is 1. The Kier molecular flexibility index (Phi) is 7.00. The van der Waals surface area contributed by atoms with Crippen molar-refractivity contribution in [1.29, 1.82) is 0 Å². The summed E-state index contributed by atoms with van der Waals surface area (Å²) in [6, 6.07) is 17.7. The molecule has 0 aromatic heterocycles. The van der Waals surface area contributed by atoms with Crippen molar-refractivity contribution in [2.45, 2.75) is 24.3 Å². The predicted molar refractivity (Wildman–Crippen MR) is 109 cm³/mol. The summed E-state index contributed by atoms with van der Waals surface area (Å²) in [6.45, 7) is 0.767. The number of nitrogens with one attached hydrogen (secondary N) is 2. The van der Waals surface area contributed by atoms with Crippen molar-refractivity contribution >= 4 is 21.8 Å². The third-order valence-electron chi connectivity index (χ3n) is 4.89. The fraction of sp³-hybridized carbons (Fsp3) is 0.333. The van der Waals surface area contributed by atoms with Crippen LogP contribution < -0.4 is 10.6 Å². The fourth-order valence-electron chi connectivity index (χ4n) is 3.29. The number of benzene rings is 2. The van der Waals surface area contributed by atoms with Gasteiger partial charge in [0.1, 0.15) is 0 Å². The molecule has 2 aromatic carbocycles. The Morgan fingerprint density at radius 3 is 2.31 bits per heavy atom. The molecule has 1 heterocycles. The van der Waals surface area contributed by atoms with Gasteiger partial charge in [0.2, 0.25) is 21.8 Å². The number of hydrogen-bond acceptors (Lipinski definition) is 4. The van der Waals surface area contributed by atoms with Crippen molar-refractivity contribution < 1.29 is 18.0 Å². The Bertz CT molecular complexity index is 933. The molecular formula is C21H25N3O4S. The molecule has 0 saturated carbocycles. The number of carbonyl (C=O) groups is 2. The molecule has 8 heteroatoms. The molecule has 0 bridgehead atoms. The van der Waals surface area contributed by atoms with Crippen LogP contribution in [0, 0.1) is 5.92 Å². The molecule has 2 N–H and O–H groups in total. The van der Waals surface area contributed by atoms with Gasteiger partial charge in [0, 0.05) is 19.6 Å². The molecule has 1 fully saturated rings. The van der Waals surface area contributed by atoms with Gasteiger partial charge < -0.3 is 10.6 Å². The number of hydrogen-bond donors (Lipinski definition) is 2. The molecule has 1 aliphatic rings. The van der Waals surface area contributed by atoms with E-state index in [1.165, 1.54) is 4.31 Å². The maximum atomic E-state index is 12.8. The van der Waals surface area contributed by atoms with Crippen LogP contribution in [0.1, 0.15) is 18.4 Å². The average molecular weight is 416 g/mol. The van der Waals surface area contributed by atoms with Crippen molar-refractivity contribution in [2.24, 2.45) is 5.92 Å². The van der Waals surface area contributed by atoms with Gasteiger partial charge in [0.05, 0.1) is 17.4 Å². The zero-order valence-corrected chi connectivity index (χ0v) is 16.9. The van der Waals surface area contributed by atoms with E-state index in [4.69, 9.17) is 0 Å². The van der Waals surface area contributed by atoms with Crippen LogP contribution in [-0.4, -0.2) is 44.2 Å². The van der Waals surface area contributed by atoms with E-state index in [0.29, 0.717) is 25.9 Å². The summed E-state index contributed by atoms with van der Waals surface area (Å²) in [4.78, 5) is 24.7. The van der Waals surface area contributed by atoms with Crippen LogP contribution in [0.15, 0.2) is 65.6 Å². The van der Waals surface area contributed by atoms with Crippen LogP contribution in [0.5, 0.6) is 0 Å². The van der Waals surface area contributed by atoms with Crippen LogP contribution in [0.2, 0.25) is 0 Å². The monoisotopic (exact) mass is 415 g/mol. The molecule has 2 aromatic rings. The average Bonchev–Trinajstić information content (AvgIpc) is 2.77. The lowest BCUT2D eigenvalue weighted by Gasteiger charge is -2.31. The highest BCUT2D eigenvalue weighted by atomic mass is 32.2. The maximum Gasteiger partial charge on any atom is 0.243 e. The Morgan fingerprint density at radius 2 is 1.62 bits per heavy atom. The first-order chi connectivity index (χ1) is 14.0. The van der Waals surface area contributed by atoms with Crippen molar-refractivity contribution in [3.8, 4) is 0 Å². The lowest BCUT2D eigenvalue weighted by atomic mass is 9.99. The Balaban J connectivity index is 1.50. The summed E-state index contributed by atoms with van der Waals surface area (Å²) in [5.41, 5.74) is 0.973. The molecule has 1 aliphatic heterocycles. The van der Waals surface area contributed by atoms with Crippen molar-refractivity contribution in [3.63, 3.8) is 0 Å². The Labute approximate surface area is 171 Å². The Hall–Kier alpha value is -2.71. The van der Waals surface area contributed by atoms with E-state index >= 15 is 0 Å². The van der Waals surface area contributed by atoms with Gasteiger partial charge in [-0.2, -0.15) is 4.31 Å². The highest BCUT2D eigenvalue weighted by Gasteiger charge is 2.33. The number of nitrogens with zero attached hydrogens (tertiary/aromatic N) is 1. The first-order valence-electron chi connectivity index (χ1n) is 9.60. The molecule has 7 nitrogen and oxygen atoms in total. The van der Waals surface area contributed by atoms with E-state index in [0.717, 1.165) is 5.56 Å². The molecule has 1 atom stereocenters. The largest absolute Gasteiger partial charge is 0.350 e. The van der Waals surface area contributed by atoms with Crippen LogP contribution in [0.4, 0.5) is 0 Å².